The van der Waals surface area contributed by atoms with Crippen molar-refractivity contribution in [2.45, 2.75) is 51.9 Å². The number of amides is 1. The highest BCUT2D eigenvalue weighted by atomic mass is 35.5. The van der Waals surface area contributed by atoms with Gasteiger partial charge in [0, 0.05) is 29.4 Å². The summed E-state index contributed by atoms with van der Waals surface area (Å²) in [6.07, 6.45) is -1.33. The van der Waals surface area contributed by atoms with Gasteiger partial charge in [-0.1, -0.05) is 97.4 Å². The molecule has 0 aliphatic rings. The summed E-state index contributed by atoms with van der Waals surface area (Å²) in [5, 5.41) is 18.3. The van der Waals surface area contributed by atoms with Crippen molar-refractivity contribution in [3.63, 3.8) is 0 Å². The van der Waals surface area contributed by atoms with Crippen LogP contribution in [0.5, 0.6) is 0 Å². The summed E-state index contributed by atoms with van der Waals surface area (Å²) in [5.41, 5.74) is 6.19. The lowest BCUT2D eigenvalue weighted by Gasteiger charge is -2.22. The van der Waals surface area contributed by atoms with E-state index in [0.717, 1.165) is 22.4 Å². The molecule has 4 aromatic carbocycles. The molecule has 0 aliphatic carbocycles. The molecule has 0 aromatic heterocycles. The first-order valence-corrected chi connectivity index (χ1v) is 13.9. The second kappa shape index (κ2) is 13.0. The summed E-state index contributed by atoms with van der Waals surface area (Å²) in [6.45, 7) is 8.55. The molecular formula is C34H37ClN2O3. The van der Waals surface area contributed by atoms with E-state index in [1.165, 1.54) is 11.1 Å². The fourth-order valence-electron chi connectivity index (χ4n) is 4.45. The first-order chi connectivity index (χ1) is 19.1. The zero-order valence-electron chi connectivity index (χ0n) is 23.4. The Morgan fingerprint density at radius 3 is 2.25 bits per heavy atom. The molecule has 0 heterocycles. The van der Waals surface area contributed by atoms with Crippen LogP contribution in [0.2, 0.25) is 5.02 Å². The predicted molar refractivity (Wildman–Crippen MR) is 164 cm³/mol. The summed E-state index contributed by atoms with van der Waals surface area (Å²) in [4.78, 5) is 12.1. The van der Waals surface area contributed by atoms with Crippen LogP contribution in [0.25, 0.3) is 11.1 Å². The average molecular weight is 557 g/mol. The Morgan fingerprint density at radius 2 is 1.55 bits per heavy atom. The van der Waals surface area contributed by atoms with Crippen molar-refractivity contribution >= 4 is 23.4 Å². The molecule has 208 valence electrons. The molecule has 0 saturated carbocycles. The molecule has 6 heteroatoms. The number of benzene rings is 4. The zero-order valence-corrected chi connectivity index (χ0v) is 24.2. The lowest BCUT2D eigenvalue weighted by atomic mass is 9.94. The molecule has 5 nitrogen and oxygen atoms in total. The molecule has 0 spiro atoms. The lowest BCUT2D eigenvalue weighted by molar-refractivity contribution is 0.0525. The van der Waals surface area contributed by atoms with Crippen molar-refractivity contribution in [3.05, 3.63) is 124 Å². The molecule has 2 unspecified atom stereocenters. The second-order valence-electron chi connectivity index (χ2n) is 11.0. The van der Waals surface area contributed by atoms with Gasteiger partial charge in [0.2, 0.25) is 0 Å². The van der Waals surface area contributed by atoms with E-state index in [4.69, 9.17) is 16.3 Å². The standard InChI is InChI=1S/C34H37ClN2O3/c1-23(21-37-33(39)40-34(2,3)4)27-11-8-12-28(19-27)32(38)30-20-29(35)17-18-31(30)36-22-24-13-15-26(16-14-24)25-9-6-5-7-10-25/h5-20,23,32,36,38H,21-22H2,1-4H3,(H,37,39). The van der Waals surface area contributed by atoms with Crippen molar-refractivity contribution in [1.29, 1.82) is 0 Å². The van der Waals surface area contributed by atoms with Gasteiger partial charge in [-0.25, -0.2) is 4.79 Å². The molecule has 0 bridgehead atoms. The molecule has 0 saturated heterocycles. The number of hydrogen-bond donors (Lipinski definition) is 3. The Kier molecular flexibility index (Phi) is 9.51. The summed E-state index contributed by atoms with van der Waals surface area (Å²) >= 11 is 6.35. The minimum atomic E-state index is -0.882. The third-order valence-electron chi connectivity index (χ3n) is 6.60. The number of ether oxygens (including phenoxy) is 1. The van der Waals surface area contributed by atoms with Gasteiger partial charge in [-0.3, -0.25) is 0 Å². The van der Waals surface area contributed by atoms with Crippen molar-refractivity contribution in [2.75, 3.05) is 11.9 Å². The van der Waals surface area contributed by atoms with Crippen LogP contribution in [-0.2, 0) is 11.3 Å². The van der Waals surface area contributed by atoms with Crippen LogP contribution in [0.4, 0.5) is 10.5 Å². The number of anilines is 1. The normalized spacial score (nSPS) is 12.8. The van der Waals surface area contributed by atoms with Crippen molar-refractivity contribution < 1.29 is 14.6 Å². The van der Waals surface area contributed by atoms with Gasteiger partial charge in [-0.2, -0.15) is 0 Å². The Morgan fingerprint density at radius 1 is 0.875 bits per heavy atom. The Bertz CT molecular complexity index is 1420. The van der Waals surface area contributed by atoms with E-state index in [-0.39, 0.29) is 5.92 Å². The quantitative estimate of drug-likeness (QED) is 0.194. The number of nitrogens with one attached hydrogen (secondary N) is 2. The van der Waals surface area contributed by atoms with Gasteiger partial charge >= 0.3 is 6.09 Å². The van der Waals surface area contributed by atoms with E-state index in [1.54, 1.807) is 6.07 Å². The number of halogens is 1. The molecule has 4 rings (SSSR count). The summed E-state index contributed by atoms with van der Waals surface area (Å²) in [6, 6.07) is 32.0. The number of aliphatic hydroxyl groups is 1. The van der Waals surface area contributed by atoms with E-state index >= 15 is 0 Å². The number of alkyl carbamates (subject to hydrolysis) is 1. The molecule has 1 amide bonds. The van der Waals surface area contributed by atoms with Crippen molar-refractivity contribution in [3.8, 4) is 11.1 Å². The predicted octanol–water partition coefficient (Wildman–Crippen LogP) is 8.33. The minimum Gasteiger partial charge on any atom is -0.444 e. The molecule has 2 atom stereocenters. The number of aliphatic hydroxyl groups excluding tert-OH is 1. The third kappa shape index (κ3) is 8.10. The number of carbonyl (C=O) groups is 1. The van der Waals surface area contributed by atoms with Gasteiger partial charge < -0.3 is 20.5 Å². The first kappa shape index (κ1) is 29.2. The summed E-state index contributed by atoms with van der Waals surface area (Å²) < 4.78 is 5.34. The fourth-order valence-corrected chi connectivity index (χ4v) is 4.63. The molecule has 0 radical (unpaired) electrons. The lowest BCUT2D eigenvalue weighted by Crippen LogP contribution is -2.34. The maximum Gasteiger partial charge on any atom is 0.407 e. The SMILES string of the molecule is CC(CNC(=O)OC(C)(C)C)c1cccc(C(O)c2cc(Cl)ccc2NCc2ccc(-c3ccccc3)cc2)c1. The molecule has 0 aliphatic heterocycles. The van der Waals surface area contributed by atoms with Crippen LogP contribution in [0, 0.1) is 0 Å². The van der Waals surface area contributed by atoms with Gasteiger partial charge in [0.05, 0.1) is 0 Å². The Hall–Kier alpha value is -3.80. The number of rotatable bonds is 9. The van der Waals surface area contributed by atoms with E-state index < -0.39 is 17.8 Å². The molecule has 40 heavy (non-hydrogen) atoms. The highest BCUT2D eigenvalue weighted by molar-refractivity contribution is 6.30. The summed E-state index contributed by atoms with van der Waals surface area (Å²) in [7, 11) is 0. The van der Waals surface area contributed by atoms with E-state index in [9.17, 15) is 9.90 Å². The van der Waals surface area contributed by atoms with Gasteiger partial charge in [-0.15, -0.1) is 0 Å². The van der Waals surface area contributed by atoms with Gasteiger partial charge in [0.15, 0.2) is 0 Å². The largest absolute Gasteiger partial charge is 0.444 e. The maximum absolute atomic E-state index is 12.1. The van der Waals surface area contributed by atoms with Crippen molar-refractivity contribution in [2.24, 2.45) is 0 Å². The van der Waals surface area contributed by atoms with Crippen LogP contribution in [-0.4, -0.2) is 23.3 Å². The smallest absolute Gasteiger partial charge is 0.407 e. The van der Waals surface area contributed by atoms with Crippen LogP contribution < -0.4 is 10.6 Å². The maximum atomic E-state index is 12.1. The Labute approximate surface area is 242 Å². The van der Waals surface area contributed by atoms with Crippen LogP contribution >= 0.6 is 11.6 Å². The minimum absolute atomic E-state index is 0.0236. The number of hydrogen-bond acceptors (Lipinski definition) is 4. The molecule has 3 N–H and O–H groups in total. The molecule has 0 fully saturated rings. The number of carbonyl (C=O) groups excluding carboxylic acids is 1. The third-order valence-corrected chi connectivity index (χ3v) is 6.83. The molecular weight excluding hydrogens is 520 g/mol. The van der Waals surface area contributed by atoms with Crippen LogP contribution in [0.1, 0.15) is 62.0 Å². The monoisotopic (exact) mass is 556 g/mol. The van der Waals surface area contributed by atoms with Gasteiger partial charge in [-0.05, 0) is 72.7 Å². The van der Waals surface area contributed by atoms with E-state index in [2.05, 4.69) is 47.0 Å². The zero-order chi connectivity index (χ0) is 28.7. The highest BCUT2D eigenvalue weighted by Crippen LogP contribution is 2.32. The van der Waals surface area contributed by atoms with Gasteiger partial charge in [0.1, 0.15) is 11.7 Å². The topological polar surface area (TPSA) is 70.6 Å². The first-order valence-electron chi connectivity index (χ1n) is 13.5. The van der Waals surface area contributed by atoms with Crippen molar-refractivity contribution in [1.82, 2.24) is 5.32 Å². The summed E-state index contributed by atoms with van der Waals surface area (Å²) in [5.74, 6) is 0.0236. The average Bonchev–Trinajstić information content (AvgIpc) is 2.94. The van der Waals surface area contributed by atoms with E-state index in [1.807, 2.05) is 82.3 Å². The Balaban J connectivity index is 1.45. The van der Waals surface area contributed by atoms with Gasteiger partial charge in [0.25, 0.3) is 0 Å². The molecule has 4 aromatic rings. The van der Waals surface area contributed by atoms with Crippen LogP contribution in [0.3, 0.4) is 0 Å². The van der Waals surface area contributed by atoms with E-state index in [0.29, 0.717) is 23.7 Å². The van der Waals surface area contributed by atoms with Crippen LogP contribution in [0.15, 0.2) is 97.1 Å². The second-order valence-corrected chi connectivity index (χ2v) is 11.4. The fraction of sp³-hybridized carbons (Fsp3) is 0.265. The highest BCUT2D eigenvalue weighted by Gasteiger charge is 2.19.